The van der Waals surface area contributed by atoms with Gasteiger partial charge < -0.3 is 4.74 Å². The molecule has 2 aliphatic rings. The zero-order valence-electron chi connectivity index (χ0n) is 19.0. The lowest BCUT2D eigenvalue weighted by molar-refractivity contribution is 0.0902. The summed E-state index contributed by atoms with van der Waals surface area (Å²) in [5.41, 5.74) is 3.36. The number of hydrogen-bond donors (Lipinski definition) is 0. The standard InChI is InChI=1S/C28H36F2O/c1-3-5-19-6-9-22(10-7-19)24-13-12-23-16-20(8-11-25(23)17-24)18-31-26-15-14-21(4-2)27(29)28(26)30/h6-7,9-10,14-15,20,23-25H,3-5,8,11-13,16-18H2,1-2H3. The number of rotatable bonds is 7. The first-order chi connectivity index (χ1) is 15.1. The number of hydrogen-bond acceptors (Lipinski definition) is 1. The second-order valence-electron chi connectivity index (χ2n) is 9.72. The fourth-order valence-electron chi connectivity index (χ4n) is 5.85. The molecule has 31 heavy (non-hydrogen) atoms. The van der Waals surface area contributed by atoms with Gasteiger partial charge in [-0.05, 0) is 97.8 Å². The lowest BCUT2D eigenvalue weighted by Gasteiger charge is -2.42. The molecular formula is C28H36F2O. The Morgan fingerprint density at radius 3 is 2.32 bits per heavy atom. The predicted octanol–water partition coefficient (Wildman–Crippen LogP) is 7.86. The molecule has 0 aromatic heterocycles. The number of ether oxygens (including phenoxy) is 1. The van der Waals surface area contributed by atoms with E-state index in [1.807, 2.05) is 6.92 Å². The Labute approximate surface area is 186 Å². The Kier molecular flexibility index (Phi) is 7.30. The average molecular weight is 427 g/mol. The van der Waals surface area contributed by atoms with Gasteiger partial charge in [-0.3, -0.25) is 0 Å². The van der Waals surface area contributed by atoms with Gasteiger partial charge >= 0.3 is 0 Å². The third kappa shape index (κ3) is 5.13. The molecule has 2 saturated carbocycles. The van der Waals surface area contributed by atoms with Crippen molar-refractivity contribution in [2.24, 2.45) is 17.8 Å². The molecule has 4 unspecified atom stereocenters. The first-order valence-electron chi connectivity index (χ1n) is 12.3. The van der Waals surface area contributed by atoms with Crippen molar-refractivity contribution in [1.82, 2.24) is 0 Å². The SMILES string of the molecule is CCCc1ccc(C2CCC3CC(COc4ccc(CC)c(F)c4F)CCC3C2)cc1. The van der Waals surface area contributed by atoms with Crippen LogP contribution in [0.2, 0.25) is 0 Å². The van der Waals surface area contributed by atoms with E-state index >= 15 is 0 Å². The molecule has 0 spiro atoms. The van der Waals surface area contributed by atoms with E-state index in [4.69, 9.17) is 4.74 Å². The Morgan fingerprint density at radius 2 is 1.58 bits per heavy atom. The Balaban J connectivity index is 1.29. The zero-order valence-corrected chi connectivity index (χ0v) is 19.0. The third-order valence-electron chi connectivity index (χ3n) is 7.69. The summed E-state index contributed by atoms with van der Waals surface area (Å²) in [5.74, 6) is 1.15. The van der Waals surface area contributed by atoms with Crippen LogP contribution in [0.5, 0.6) is 5.75 Å². The summed E-state index contributed by atoms with van der Waals surface area (Å²) in [6.45, 7) is 4.55. The number of fused-ring (bicyclic) bond motifs is 1. The highest BCUT2D eigenvalue weighted by molar-refractivity contribution is 5.31. The summed E-state index contributed by atoms with van der Waals surface area (Å²) in [4.78, 5) is 0. The lowest BCUT2D eigenvalue weighted by Crippen LogP contribution is -2.32. The number of halogens is 2. The maximum absolute atomic E-state index is 14.2. The highest BCUT2D eigenvalue weighted by Crippen LogP contribution is 2.47. The molecule has 0 saturated heterocycles. The van der Waals surface area contributed by atoms with E-state index in [0.717, 1.165) is 24.7 Å². The maximum atomic E-state index is 14.2. The molecule has 0 N–H and O–H groups in total. The van der Waals surface area contributed by atoms with Crippen LogP contribution in [-0.2, 0) is 12.8 Å². The molecule has 2 aromatic carbocycles. The highest BCUT2D eigenvalue weighted by Gasteiger charge is 2.36. The van der Waals surface area contributed by atoms with E-state index < -0.39 is 11.6 Å². The van der Waals surface area contributed by atoms with Crippen LogP contribution in [0.1, 0.15) is 81.4 Å². The first-order valence-corrected chi connectivity index (χ1v) is 12.3. The highest BCUT2D eigenvalue weighted by atomic mass is 19.2. The van der Waals surface area contributed by atoms with Crippen molar-refractivity contribution in [3.05, 3.63) is 64.7 Å². The van der Waals surface area contributed by atoms with E-state index in [1.54, 1.807) is 12.1 Å². The van der Waals surface area contributed by atoms with Gasteiger partial charge in [-0.15, -0.1) is 0 Å². The smallest absolute Gasteiger partial charge is 0.200 e. The van der Waals surface area contributed by atoms with Crippen LogP contribution in [0.25, 0.3) is 0 Å². The number of benzene rings is 2. The van der Waals surface area contributed by atoms with Gasteiger partial charge in [0.1, 0.15) is 0 Å². The van der Waals surface area contributed by atoms with Crippen molar-refractivity contribution in [1.29, 1.82) is 0 Å². The molecule has 0 heterocycles. The van der Waals surface area contributed by atoms with Crippen molar-refractivity contribution in [3.8, 4) is 5.75 Å². The van der Waals surface area contributed by atoms with Crippen molar-refractivity contribution >= 4 is 0 Å². The van der Waals surface area contributed by atoms with Gasteiger partial charge in [0.05, 0.1) is 6.61 Å². The molecule has 4 rings (SSSR count). The quantitative estimate of drug-likeness (QED) is 0.438. The number of aryl methyl sites for hydroxylation is 2. The molecule has 0 bridgehead atoms. The first kappa shape index (κ1) is 22.3. The van der Waals surface area contributed by atoms with Crippen molar-refractivity contribution in [3.63, 3.8) is 0 Å². The van der Waals surface area contributed by atoms with E-state index in [9.17, 15) is 8.78 Å². The molecule has 1 nitrogen and oxygen atoms in total. The Morgan fingerprint density at radius 1 is 0.839 bits per heavy atom. The molecule has 0 amide bonds. The third-order valence-corrected chi connectivity index (χ3v) is 7.69. The molecule has 2 aliphatic carbocycles. The normalized spacial score (nSPS) is 25.8. The van der Waals surface area contributed by atoms with Gasteiger partial charge in [0.25, 0.3) is 0 Å². The molecule has 4 atom stereocenters. The van der Waals surface area contributed by atoms with Crippen LogP contribution < -0.4 is 4.74 Å². The van der Waals surface area contributed by atoms with Crippen LogP contribution in [-0.4, -0.2) is 6.61 Å². The summed E-state index contributed by atoms with van der Waals surface area (Å²) in [6, 6.07) is 12.6. The monoisotopic (exact) mass is 426 g/mol. The topological polar surface area (TPSA) is 9.23 Å². The lowest BCUT2D eigenvalue weighted by atomic mass is 9.64. The summed E-state index contributed by atoms with van der Waals surface area (Å²) in [5, 5.41) is 0. The van der Waals surface area contributed by atoms with Crippen LogP contribution in [0.4, 0.5) is 8.78 Å². The molecular weight excluding hydrogens is 390 g/mol. The summed E-state index contributed by atoms with van der Waals surface area (Å²) in [6.07, 6.45) is 10.2. The van der Waals surface area contributed by atoms with Gasteiger partial charge in [-0.25, -0.2) is 4.39 Å². The summed E-state index contributed by atoms with van der Waals surface area (Å²) < 4.78 is 34.0. The summed E-state index contributed by atoms with van der Waals surface area (Å²) in [7, 11) is 0. The van der Waals surface area contributed by atoms with Crippen molar-refractivity contribution in [2.45, 2.75) is 77.6 Å². The van der Waals surface area contributed by atoms with E-state index in [2.05, 4.69) is 31.2 Å². The van der Waals surface area contributed by atoms with Gasteiger partial charge in [0, 0.05) is 0 Å². The van der Waals surface area contributed by atoms with Crippen LogP contribution >= 0.6 is 0 Å². The van der Waals surface area contributed by atoms with Crippen LogP contribution in [0.3, 0.4) is 0 Å². The second kappa shape index (κ2) is 10.1. The molecule has 0 radical (unpaired) electrons. The molecule has 168 valence electrons. The minimum atomic E-state index is -0.835. The van der Waals surface area contributed by atoms with E-state index in [1.165, 1.54) is 49.7 Å². The van der Waals surface area contributed by atoms with Crippen LogP contribution in [0, 0.1) is 29.4 Å². The van der Waals surface area contributed by atoms with Crippen LogP contribution in [0.15, 0.2) is 36.4 Å². The largest absolute Gasteiger partial charge is 0.490 e. The van der Waals surface area contributed by atoms with Gasteiger partial charge in [0.15, 0.2) is 11.6 Å². The molecule has 3 heteroatoms. The van der Waals surface area contributed by atoms with Crippen molar-refractivity contribution in [2.75, 3.05) is 6.61 Å². The Bertz CT molecular complexity index is 860. The fraction of sp³-hybridized carbons (Fsp3) is 0.571. The molecule has 2 aromatic rings. The second-order valence-corrected chi connectivity index (χ2v) is 9.72. The minimum absolute atomic E-state index is 0.0621. The Hall–Kier alpha value is -1.90. The molecule has 0 aliphatic heterocycles. The predicted molar refractivity (Wildman–Crippen MR) is 123 cm³/mol. The van der Waals surface area contributed by atoms with Crippen molar-refractivity contribution < 1.29 is 13.5 Å². The fourth-order valence-corrected chi connectivity index (χ4v) is 5.85. The maximum Gasteiger partial charge on any atom is 0.200 e. The van der Waals surface area contributed by atoms with Gasteiger partial charge in [-0.2, -0.15) is 4.39 Å². The average Bonchev–Trinajstić information content (AvgIpc) is 2.80. The van der Waals surface area contributed by atoms with Gasteiger partial charge in [0.2, 0.25) is 5.82 Å². The zero-order chi connectivity index (χ0) is 21.8. The minimum Gasteiger partial charge on any atom is -0.490 e. The molecule has 2 fully saturated rings. The van der Waals surface area contributed by atoms with E-state index in [0.29, 0.717) is 30.4 Å². The van der Waals surface area contributed by atoms with E-state index in [-0.39, 0.29) is 5.75 Å². The summed E-state index contributed by atoms with van der Waals surface area (Å²) >= 11 is 0. The van der Waals surface area contributed by atoms with Gasteiger partial charge in [-0.1, -0.05) is 50.6 Å².